The van der Waals surface area contributed by atoms with Crippen LogP contribution < -0.4 is 11.1 Å². The highest BCUT2D eigenvalue weighted by Gasteiger charge is 2.11. The van der Waals surface area contributed by atoms with Crippen LogP contribution in [-0.2, 0) is 9.59 Å². The summed E-state index contributed by atoms with van der Waals surface area (Å²) in [5, 5.41) is 2.22. The fraction of sp³-hybridized carbons (Fsp3) is 0. The quantitative estimate of drug-likeness (QED) is 0.685. The SMILES string of the molecule is NC(=O)C(=O)Nc1cc(Cl)ccc1F. The molecule has 0 atom stereocenters. The number of carbonyl (C=O) groups excluding carboxylic acids is 2. The summed E-state index contributed by atoms with van der Waals surface area (Å²) in [6, 6.07) is 3.56. The summed E-state index contributed by atoms with van der Waals surface area (Å²) in [6.45, 7) is 0. The van der Waals surface area contributed by atoms with Crippen LogP contribution in [0.1, 0.15) is 0 Å². The van der Waals surface area contributed by atoms with E-state index in [1.165, 1.54) is 12.1 Å². The van der Waals surface area contributed by atoms with Gasteiger partial charge in [-0.2, -0.15) is 0 Å². The lowest BCUT2D eigenvalue weighted by Gasteiger charge is -2.03. The number of anilines is 1. The summed E-state index contributed by atoms with van der Waals surface area (Å²) < 4.78 is 13.0. The van der Waals surface area contributed by atoms with Crippen LogP contribution >= 0.6 is 11.6 Å². The molecule has 0 radical (unpaired) electrons. The molecule has 3 N–H and O–H groups in total. The van der Waals surface area contributed by atoms with Crippen LogP contribution in [0.3, 0.4) is 0 Å². The third-order valence-electron chi connectivity index (χ3n) is 1.40. The van der Waals surface area contributed by atoms with E-state index in [4.69, 9.17) is 11.6 Å². The Kier molecular flexibility index (Phi) is 3.03. The van der Waals surface area contributed by atoms with E-state index in [2.05, 4.69) is 5.73 Å². The van der Waals surface area contributed by atoms with Gasteiger partial charge in [0.2, 0.25) is 0 Å². The van der Waals surface area contributed by atoms with Gasteiger partial charge in [-0.05, 0) is 18.2 Å². The van der Waals surface area contributed by atoms with E-state index < -0.39 is 17.6 Å². The molecule has 0 spiro atoms. The van der Waals surface area contributed by atoms with E-state index in [9.17, 15) is 14.0 Å². The van der Waals surface area contributed by atoms with Gasteiger partial charge in [0.15, 0.2) is 0 Å². The molecule has 0 aliphatic carbocycles. The molecule has 1 aromatic carbocycles. The molecule has 0 aromatic heterocycles. The molecule has 0 aliphatic heterocycles. The fourth-order valence-electron chi connectivity index (χ4n) is 0.777. The van der Waals surface area contributed by atoms with Crippen molar-refractivity contribution in [3.63, 3.8) is 0 Å². The van der Waals surface area contributed by atoms with Crippen LogP contribution in [0.5, 0.6) is 0 Å². The van der Waals surface area contributed by atoms with Crippen LogP contribution in [0.4, 0.5) is 10.1 Å². The maximum Gasteiger partial charge on any atom is 0.313 e. The molecule has 6 heteroatoms. The highest BCUT2D eigenvalue weighted by Crippen LogP contribution is 2.19. The maximum absolute atomic E-state index is 13.0. The maximum atomic E-state index is 13.0. The van der Waals surface area contributed by atoms with Gasteiger partial charge < -0.3 is 11.1 Å². The Hall–Kier alpha value is -1.62. The van der Waals surface area contributed by atoms with Crippen molar-refractivity contribution in [2.75, 3.05) is 5.32 Å². The van der Waals surface area contributed by atoms with E-state index in [-0.39, 0.29) is 10.7 Å². The number of primary amides is 1. The highest BCUT2D eigenvalue weighted by molar-refractivity contribution is 6.39. The molecule has 0 saturated carbocycles. The number of nitrogens with two attached hydrogens (primary N) is 1. The molecule has 1 rings (SSSR count). The van der Waals surface area contributed by atoms with Crippen molar-refractivity contribution in [2.45, 2.75) is 0 Å². The number of hydrogen-bond donors (Lipinski definition) is 2. The summed E-state index contributed by atoms with van der Waals surface area (Å²) >= 11 is 5.55. The minimum Gasteiger partial charge on any atom is -0.361 e. The number of nitrogens with one attached hydrogen (secondary N) is 1. The summed E-state index contributed by atoms with van der Waals surface area (Å²) in [7, 11) is 0. The summed E-state index contributed by atoms with van der Waals surface area (Å²) in [5.74, 6) is -2.97. The van der Waals surface area contributed by atoms with Crippen molar-refractivity contribution in [3.05, 3.63) is 29.0 Å². The smallest absolute Gasteiger partial charge is 0.313 e. The second-order valence-corrected chi connectivity index (χ2v) is 2.88. The van der Waals surface area contributed by atoms with Gasteiger partial charge in [0.25, 0.3) is 0 Å². The first kappa shape index (κ1) is 10.5. The number of carbonyl (C=O) groups is 2. The molecule has 74 valence electrons. The summed E-state index contributed by atoms with van der Waals surface area (Å²) in [6.07, 6.45) is 0. The summed E-state index contributed by atoms with van der Waals surface area (Å²) in [5.41, 5.74) is 4.49. The lowest BCUT2D eigenvalue weighted by Crippen LogP contribution is -2.29. The molecule has 0 unspecified atom stereocenters. The first-order chi connectivity index (χ1) is 6.50. The molecule has 1 aromatic rings. The third-order valence-corrected chi connectivity index (χ3v) is 1.64. The van der Waals surface area contributed by atoms with Gasteiger partial charge >= 0.3 is 11.8 Å². The molecule has 2 amide bonds. The second-order valence-electron chi connectivity index (χ2n) is 2.44. The third kappa shape index (κ3) is 2.43. The van der Waals surface area contributed by atoms with E-state index in [0.717, 1.165) is 6.07 Å². The monoisotopic (exact) mass is 216 g/mol. The Morgan fingerprint density at radius 2 is 2.07 bits per heavy atom. The van der Waals surface area contributed by atoms with E-state index in [1.54, 1.807) is 0 Å². The van der Waals surface area contributed by atoms with Crippen LogP contribution in [0.2, 0.25) is 5.02 Å². The number of amides is 2. The van der Waals surface area contributed by atoms with Gasteiger partial charge in [0, 0.05) is 5.02 Å². The zero-order chi connectivity index (χ0) is 10.7. The minimum atomic E-state index is -1.19. The second kappa shape index (κ2) is 4.06. The van der Waals surface area contributed by atoms with Crippen molar-refractivity contribution < 1.29 is 14.0 Å². The average Bonchev–Trinajstić information content (AvgIpc) is 2.11. The molecular weight excluding hydrogens is 211 g/mol. The largest absolute Gasteiger partial charge is 0.361 e. The van der Waals surface area contributed by atoms with Crippen molar-refractivity contribution in [1.82, 2.24) is 0 Å². The molecule has 0 bridgehead atoms. The summed E-state index contributed by atoms with van der Waals surface area (Å²) in [4.78, 5) is 21.1. The molecular formula is C8H6ClFN2O2. The lowest BCUT2D eigenvalue weighted by atomic mass is 10.3. The fourth-order valence-corrected chi connectivity index (χ4v) is 0.949. The minimum absolute atomic E-state index is 0.179. The average molecular weight is 217 g/mol. The predicted octanol–water partition coefficient (Wildman–Crippen LogP) is 0.903. The van der Waals surface area contributed by atoms with Gasteiger partial charge in [-0.15, -0.1) is 0 Å². The Balaban J connectivity index is 2.91. The van der Waals surface area contributed by atoms with Crippen molar-refractivity contribution in [2.24, 2.45) is 5.73 Å². The van der Waals surface area contributed by atoms with Gasteiger partial charge in [0.1, 0.15) is 5.82 Å². The Morgan fingerprint density at radius 1 is 1.43 bits per heavy atom. The Morgan fingerprint density at radius 3 is 2.64 bits per heavy atom. The molecule has 0 heterocycles. The van der Waals surface area contributed by atoms with Crippen LogP contribution in [-0.4, -0.2) is 11.8 Å². The molecule has 0 fully saturated rings. The lowest BCUT2D eigenvalue weighted by molar-refractivity contribution is -0.134. The van der Waals surface area contributed by atoms with Crippen LogP contribution in [0.25, 0.3) is 0 Å². The Labute approximate surface area is 83.8 Å². The number of rotatable bonds is 1. The molecule has 0 aliphatic rings. The molecule has 0 saturated heterocycles. The van der Waals surface area contributed by atoms with E-state index >= 15 is 0 Å². The van der Waals surface area contributed by atoms with Crippen molar-refractivity contribution in [1.29, 1.82) is 0 Å². The van der Waals surface area contributed by atoms with Crippen molar-refractivity contribution >= 4 is 29.1 Å². The van der Waals surface area contributed by atoms with Gasteiger partial charge in [-0.1, -0.05) is 11.6 Å². The first-order valence-corrected chi connectivity index (χ1v) is 3.94. The zero-order valence-corrected chi connectivity index (χ0v) is 7.64. The van der Waals surface area contributed by atoms with Gasteiger partial charge in [0.05, 0.1) is 5.69 Å². The standard InChI is InChI=1S/C8H6ClFN2O2/c9-4-1-2-5(10)6(3-4)12-8(14)7(11)13/h1-3H,(H2,11,13)(H,12,14). The molecule has 14 heavy (non-hydrogen) atoms. The van der Waals surface area contributed by atoms with Crippen LogP contribution in [0.15, 0.2) is 18.2 Å². The molecule has 4 nitrogen and oxygen atoms in total. The van der Waals surface area contributed by atoms with E-state index in [0.29, 0.717) is 0 Å². The number of halogens is 2. The topological polar surface area (TPSA) is 72.2 Å². The van der Waals surface area contributed by atoms with Crippen molar-refractivity contribution in [3.8, 4) is 0 Å². The van der Waals surface area contributed by atoms with Crippen LogP contribution in [0, 0.1) is 5.82 Å². The number of hydrogen-bond acceptors (Lipinski definition) is 2. The highest BCUT2D eigenvalue weighted by atomic mass is 35.5. The van der Waals surface area contributed by atoms with Gasteiger partial charge in [-0.3, -0.25) is 9.59 Å². The van der Waals surface area contributed by atoms with E-state index in [1.807, 2.05) is 5.32 Å². The van der Waals surface area contributed by atoms with Gasteiger partial charge in [-0.25, -0.2) is 4.39 Å². The normalized spacial score (nSPS) is 9.57. The first-order valence-electron chi connectivity index (χ1n) is 3.56. The zero-order valence-electron chi connectivity index (χ0n) is 6.88. The Bertz CT molecular complexity index is 395. The number of benzene rings is 1. The predicted molar refractivity (Wildman–Crippen MR) is 49.2 cm³/mol.